The molecule has 2 heterocycles. The van der Waals surface area contributed by atoms with Gasteiger partial charge in [0.2, 0.25) is 5.95 Å². The van der Waals surface area contributed by atoms with Gasteiger partial charge in [0.1, 0.15) is 16.7 Å². The smallest absolute Gasteiger partial charge is 0.338 e. The quantitative estimate of drug-likeness (QED) is 0.412. The third kappa shape index (κ3) is 4.19. The summed E-state index contributed by atoms with van der Waals surface area (Å²) < 4.78 is 59.1. The lowest BCUT2D eigenvalue weighted by Gasteiger charge is -2.18. The number of carbonyl (C=O) groups excluding carboxylic acids is 1. The van der Waals surface area contributed by atoms with Crippen molar-refractivity contribution >= 4 is 33.3 Å². The van der Waals surface area contributed by atoms with E-state index >= 15 is 0 Å². The molecule has 0 aliphatic carbocycles. The number of aromatic nitrogens is 1. The van der Waals surface area contributed by atoms with Crippen molar-refractivity contribution in [3.05, 3.63) is 64.7 Å². The van der Waals surface area contributed by atoms with Gasteiger partial charge in [-0.1, -0.05) is 17.7 Å². The molecule has 4 bridgehead atoms. The summed E-state index contributed by atoms with van der Waals surface area (Å²) in [6.07, 6.45) is 0.388. The number of nitrogens with zero attached hydrogens (tertiary/aromatic N) is 1. The Balaban J connectivity index is 2.04. The zero-order chi connectivity index (χ0) is 23.9. The van der Waals surface area contributed by atoms with Crippen molar-refractivity contribution in [2.24, 2.45) is 0 Å². The van der Waals surface area contributed by atoms with E-state index in [9.17, 15) is 17.6 Å². The van der Waals surface area contributed by atoms with Gasteiger partial charge in [0, 0.05) is 23.4 Å². The van der Waals surface area contributed by atoms with Crippen molar-refractivity contribution in [3.63, 3.8) is 0 Å². The van der Waals surface area contributed by atoms with Crippen LogP contribution in [0.5, 0.6) is 11.5 Å². The molecule has 1 aliphatic rings. The molecular formula is C22H18ClFN2O6S. The highest BCUT2D eigenvalue weighted by atomic mass is 35.5. The molecule has 0 saturated carbocycles. The monoisotopic (exact) mass is 492 g/mol. The molecule has 172 valence electrons. The van der Waals surface area contributed by atoms with E-state index in [1.54, 1.807) is 19.1 Å². The van der Waals surface area contributed by atoms with Gasteiger partial charge in [-0.2, -0.15) is 4.39 Å². The van der Waals surface area contributed by atoms with Gasteiger partial charge in [0.05, 0.1) is 30.5 Å². The Hall–Kier alpha value is -3.37. The van der Waals surface area contributed by atoms with Gasteiger partial charge < -0.3 is 14.2 Å². The van der Waals surface area contributed by atoms with Gasteiger partial charge in [0.15, 0.2) is 5.75 Å². The lowest BCUT2D eigenvalue weighted by atomic mass is 9.98. The van der Waals surface area contributed by atoms with Crippen LogP contribution in [0.4, 0.5) is 10.1 Å². The number of methoxy groups -OCH3 is 2. The summed E-state index contributed by atoms with van der Waals surface area (Å²) in [5.41, 5.74) is 1.26. The normalized spacial score (nSPS) is 16.8. The molecule has 1 unspecified atom stereocenters. The van der Waals surface area contributed by atoms with Crippen LogP contribution in [0, 0.1) is 5.95 Å². The number of carbonyl (C=O) groups is 1. The van der Waals surface area contributed by atoms with Gasteiger partial charge in [-0.25, -0.2) is 18.2 Å². The van der Waals surface area contributed by atoms with Gasteiger partial charge in [0.25, 0.3) is 10.0 Å². The van der Waals surface area contributed by atoms with E-state index in [0.29, 0.717) is 16.7 Å². The van der Waals surface area contributed by atoms with E-state index < -0.39 is 28.0 Å². The van der Waals surface area contributed by atoms with Gasteiger partial charge in [-0.15, -0.1) is 0 Å². The molecule has 1 atom stereocenters. The van der Waals surface area contributed by atoms with Crippen LogP contribution in [-0.4, -0.2) is 33.6 Å². The van der Waals surface area contributed by atoms with Crippen molar-refractivity contribution in [2.75, 3.05) is 18.9 Å². The Labute approximate surface area is 194 Å². The predicted octanol–water partition coefficient (Wildman–Crippen LogP) is 4.59. The van der Waals surface area contributed by atoms with E-state index in [0.717, 1.165) is 12.1 Å². The van der Waals surface area contributed by atoms with Crippen LogP contribution in [-0.2, 0) is 14.8 Å². The number of rotatable bonds is 2. The van der Waals surface area contributed by atoms with Gasteiger partial charge in [-0.05, 0) is 36.8 Å². The van der Waals surface area contributed by atoms with Crippen molar-refractivity contribution < 1.29 is 31.8 Å². The van der Waals surface area contributed by atoms with E-state index in [-0.39, 0.29) is 32.7 Å². The van der Waals surface area contributed by atoms with E-state index in [1.807, 2.05) is 0 Å². The third-order valence-electron chi connectivity index (χ3n) is 5.12. The standard InChI is InChI=1S/C22H18ClFN2O6S/c1-11-14-9-20(24)25-10-15(14)12-4-5-18(30-2)17(7-12)26-33(28,29)19-8-13(22(27)32-11)6-16(23)21(19)31-3/h4-11,26H,1-3H3. The number of ether oxygens (including phenoxy) is 3. The van der Waals surface area contributed by atoms with Gasteiger partial charge >= 0.3 is 5.97 Å². The average molecular weight is 493 g/mol. The number of halogens is 2. The molecule has 11 heteroatoms. The van der Waals surface area contributed by atoms with Crippen molar-refractivity contribution in [1.29, 1.82) is 0 Å². The summed E-state index contributed by atoms with van der Waals surface area (Å²) >= 11 is 6.22. The molecule has 33 heavy (non-hydrogen) atoms. The molecule has 8 nitrogen and oxygen atoms in total. The highest BCUT2D eigenvalue weighted by molar-refractivity contribution is 7.92. The second-order valence-corrected chi connectivity index (χ2v) is 9.21. The van der Waals surface area contributed by atoms with Crippen LogP contribution < -0.4 is 14.2 Å². The van der Waals surface area contributed by atoms with Crippen molar-refractivity contribution in [2.45, 2.75) is 17.9 Å². The number of nitrogens with one attached hydrogen (secondary N) is 1. The highest BCUT2D eigenvalue weighted by Crippen LogP contribution is 2.39. The predicted molar refractivity (Wildman–Crippen MR) is 119 cm³/mol. The first kappa shape index (κ1) is 22.8. The zero-order valence-corrected chi connectivity index (χ0v) is 19.3. The second kappa shape index (κ2) is 8.53. The molecule has 1 N–H and O–H groups in total. The first-order chi connectivity index (χ1) is 15.6. The number of anilines is 1. The number of esters is 1. The summed E-state index contributed by atoms with van der Waals surface area (Å²) in [4.78, 5) is 16.2. The number of hydrogen-bond acceptors (Lipinski definition) is 7. The summed E-state index contributed by atoms with van der Waals surface area (Å²) in [7, 11) is -1.66. The second-order valence-electron chi connectivity index (χ2n) is 7.15. The molecule has 0 fully saturated rings. The number of pyridine rings is 1. The van der Waals surface area contributed by atoms with Gasteiger partial charge in [-0.3, -0.25) is 4.72 Å². The maximum absolute atomic E-state index is 14.0. The summed E-state index contributed by atoms with van der Waals surface area (Å²) in [6.45, 7) is 1.57. The number of fused-ring (bicyclic) bond motifs is 6. The van der Waals surface area contributed by atoms with Crippen molar-refractivity contribution in [1.82, 2.24) is 4.98 Å². The van der Waals surface area contributed by atoms with Crippen LogP contribution in [0.1, 0.15) is 28.9 Å². The van der Waals surface area contributed by atoms with Crippen LogP contribution in [0.3, 0.4) is 0 Å². The largest absolute Gasteiger partial charge is 0.495 e. The maximum Gasteiger partial charge on any atom is 0.338 e. The molecule has 3 aromatic rings. The molecule has 0 amide bonds. The molecule has 1 aliphatic heterocycles. The van der Waals surface area contributed by atoms with E-state index in [2.05, 4.69) is 9.71 Å². The molecule has 0 saturated heterocycles. The highest BCUT2D eigenvalue weighted by Gasteiger charge is 2.28. The Bertz CT molecular complexity index is 1380. The molecule has 0 spiro atoms. The third-order valence-corrected chi connectivity index (χ3v) is 6.77. The number of cyclic esters (lactones) is 1. The van der Waals surface area contributed by atoms with Crippen molar-refractivity contribution in [3.8, 4) is 22.6 Å². The summed E-state index contributed by atoms with van der Waals surface area (Å²) in [6, 6.07) is 8.22. The van der Waals surface area contributed by atoms with Crippen LogP contribution in [0.15, 0.2) is 47.5 Å². The molecule has 1 aromatic heterocycles. The lowest BCUT2D eigenvalue weighted by molar-refractivity contribution is 0.0337. The minimum atomic E-state index is -4.30. The van der Waals surface area contributed by atoms with Crippen LogP contribution >= 0.6 is 11.6 Å². The van der Waals surface area contributed by atoms with E-state index in [4.69, 9.17) is 25.8 Å². The fraction of sp³-hybridized carbons (Fsp3) is 0.182. The Morgan fingerprint density at radius 3 is 2.58 bits per heavy atom. The summed E-state index contributed by atoms with van der Waals surface area (Å²) in [5.74, 6) is -1.52. The number of sulfonamides is 1. The average Bonchev–Trinajstić information content (AvgIpc) is 2.77. The number of benzene rings is 2. The first-order valence-corrected chi connectivity index (χ1v) is 11.5. The molecule has 2 aromatic carbocycles. The van der Waals surface area contributed by atoms with E-state index in [1.165, 1.54) is 32.5 Å². The van der Waals surface area contributed by atoms with Crippen LogP contribution in [0.2, 0.25) is 5.02 Å². The minimum Gasteiger partial charge on any atom is -0.495 e. The summed E-state index contributed by atoms with van der Waals surface area (Å²) in [5, 5.41) is -0.105. The zero-order valence-electron chi connectivity index (χ0n) is 17.7. The molecule has 0 radical (unpaired) electrons. The first-order valence-electron chi connectivity index (χ1n) is 9.59. The molecular weight excluding hydrogens is 475 g/mol. The molecule has 4 rings (SSSR count). The maximum atomic E-state index is 14.0. The SMILES string of the molecule is COc1ccc2cc1NS(=O)(=O)c1cc(cc(Cl)c1OC)C(=O)OC(C)c1cc(F)ncc1-2. The fourth-order valence-electron chi connectivity index (χ4n) is 3.55. The fourth-order valence-corrected chi connectivity index (χ4v) is 5.18. The Morgan fingerprint density at radius 2 is 1.88 bits per heavy atom. The topological polar surface area (TPSA) is 104 Å². The minimum absolute atomic E-state index is 0.105. The lowest BCUT2D eigenvalue weighted by Crippen LogP contribution is -2.16. The van der Waals surface area contributed by atoms with Crippen LogP contribution in [0.25, 0.3) is 11.1 Å². The Kier molecular flexibility index (Phi) is 5.89. The number of hydrogen-bond donors (Lipinski definition) is 1. The Morgan fingerprint density at radius 1 is 1.12 bits per heavy atom.